The Morgan fingerprint density at radius 3 is 0.692 bits per heavy atom. The molecule has 0 saturated carbocycles. The van der Waals surface area contributed by atoms with Crippen molar-refractivity contribution in [1.29, 1.82) is 0 Å². The summed E-state index contributed by atoms with van der Waals surface area (Å²) in [5.41, 5.74) is -21.3. The number of hydrogen-bond donors (Lipinski definition) is 4. The zero-order valence-corrected chi connectivity index (χ0v) is 47.4. The molecule has 4 aromatic rings. The Kier molecular flexibility index (Phi) is 32.6. The number of benzene rings is 4. The Hall–Kier alpha value is -5.27. The summed E-state index contributed by atoms with van der Waals surface area (Å²) < 4.78 is 230. The predicted molar refractivity (Wildman–Crippen MR) is 252 cm³/mol. The number of alkyl halides is 12. The van der Waals surface area contributed by atoms with Gasteiger partial charge >= 0.3 is 74.4 Å². The molecule has 0 fully saturated rings. The van der Waals surface area contributed by atoms with Gasteiger partial charge in [-0.2, -0.15) is 77.0 Å². The predicted octanol–water partition coefficient (Wildman–Crippen LogP) is 12.0. The van der Waals surface area contributed by atoms with Gasteiger partial charge in [-0.15, -0.1) is 25.7 Å². The van der Waals surface area contributed by atoms with Gasteiger partial charge in [-0.3, -0.25) is 24.3 Å². The summed E-state index contributed by atoms with van der Waals surface area (Å²) in [6.45, 7) is 0. The summed E-state index contributed by atoms with van der Waals surface area (Å²) >= 11 is 0. The average Bonchev–Trinajstić information content (AvgIpc) is 4.20. The van der Waals surface area contributed by atoms with Gasteiger partial charge in [0.1, 0.15) is 23.0 Å². The Morgan fingerprint density at radius 2 is 0.538 bits per heavy atom. The molecule has 0 aliphatic heterocycles. The van der Waals surface area contributed by atoms with E-state index in [1.165, 1.54) is 0 Å². The first-order valence-electron chi connectivity index (χ1n) is 20.3. The Morgan fingerprint density at radius 1 is 0.321 bits per heavy atom. The van der Waals surface area contributed by atoms with Gasteiger partial charge < -0.3 is 20.4 Å². The van der Waals surface area contributed by atoms with Crippen LogP contribution in [0, 0.1) is 24.3 Å². The topological polar surface area (TPSA) is 217 Å². The molecule has 78 heavy (non-hydrogen) atoms. The van der Waals surface area contributed by atoms with Crippen molar-refractivity contribution in [1.82, 2.24) is 0 Å². The normalized spacial score (nSPS) is 13.7. The van der Waals surface area contributed by atoms with E-state index in [2.05, 4.69) is 48.6 Å². The van der Waals surface area contributed by atoms with E-state index < -0.39 is 92.5 Å². The van der Waals surface area contributed by atoms with Gasteiger partial charge in [-0.25, -0.2) is 82.3 Å². The van der Waals surface area contributed by atoms with Gasteiger partial charge in [0.05, 0.1) is 19.6 Å². The minimum absolute atomic E-state index is 0. The van der Waals surface area contributed by atoms with E-state index in [1.54, 1.807) is 0 Å². The molecule has 0 heterocycles. The molecule has 0 bridgehead atoms. The molecular weight excluding hydrogens is 1310 g/mol. The van der Waals surface area contributed by atoms with Crippen LogP contribution < -0.4 is 0 Å². The third kappa shape index (κ3) is 26.1. The average molecular weight is 1350 g/mol. The molecule has 0 spiro atoms. The molecule has 8 rings (SSSR count). The van der Waals surface area contributed by atoms with Crippen LogP contribution in [0.2, 0.25) is 0 Å². The van der Waals surface area contributed by atoms with Gasteiger partial charge in [0, 0.05) is 0 Å². The van der Waals surface area contributed by atoms with Gasteiger partial charge in [0.2, 0.25) is 0 Å². The number of sulfone groups is 4. The largest absolute Gasteiger partial charge is 2.00 e. The summed E-state index contributed by atoms with van der Waals surface area (Å²) in [5.74, 6) is -1.66. The van der Waals surface area contributed by atoms with Crippen LogP contribution in [-0.2, 0) is 91.8 Å². The molecule has 0 aromatic heterocycles. The fourth-order valence-electron chi connectivity index (χ4n) is 4.45. The first-order chi connectivity index (χ1) is 35.0. The molecule has 4 aromatic carbocycles. The van der Waals surface area contributed by atoms with Crippen molar-refractivity contribution in [3.05, 3.63) is 194 Å². The number of phenols is 4. The van der Waals surface area contributed by atoms with Crippen molar-refractivity contribution in [2.75, 3.05) is 0 Å². The second-order valence-electron chi connectivity index (χ2n) is 13.8. The number of rotatable bonds is 4. The maximum Gasteiger partial charge on any atom is 2.00 e. The Bertz CT molecular complexity index is 2890. The molecule has 0 unspecified atom stereocenters. The molecule has 420 valence electrons. The Balaban J connectivity index is 0. The molecule has 30 heteroatoms. The maximum absolute atomic E-state index is 12.0. The van der Waals surface area contributed by atoms with E-state index >= 15 is 0 Å². The van der Waals surface area contributed by atoms with Gasteiger partial charge in [-0.05, 0) is 84.9 Å². The van der Waals surface area contributed by atoms with E-state index in [4.69, 9.17) is 20.4 Å². The van der Waals surface area contributed by atoms with Crippen LogP contribution in [-0.4, -0.2) is 76.1 Å². The fraction of sp³-hybridized carbons (Fsp3) is 0.167. The van der Waals surface area contributed by atoms with Crippen LogP contribution in [0.15, 0.2) is 190 Å². The summed E-state index contributed by atoms with van der Waals surface area (Å²) in [7, 11) is -21.3. The van der Waals surface area contributed by atoms with Gasteiger partial charge in [-0.1, -0.05) is 12.1 Å². The van der Waals surface area contributed by atoms with Crippen molar-refractivity contribution in [2.24, 2.45) is 0 Å². The summed E-state index contributed by atoms with van der Waals surface area (Å²) in [4.78, 5) is -3.71. The molecule has 4 aliphatic rings. The molecular formula is C48H40F12O12S4Zr2. The molecule has 12 nitrogen and oxygen atoms in total. The zero-order valence-electron chi connectivity index (χ0n) is 39.2. The molecule has 0 radical (unpaired) electrons. The van der Waals surface area contributed by atoms with Crippen molar-refractivity contribution in [3.63, 3.8) is 0 Å². The number of phenolic OH excluding ortho intramolecular Hbond substituents is 4. The van der Waals surface area contributed by atoms with E-state index in [0.29, 0.717) is 36.4 Å². The van der Waals surface area contributed by atoms with Crippen LogP contribution >= 0.6 is 0 Å². The van der Waals surface area contributed by atoms with Gasteiger partial charge in [0.15, 0.2) is 0 Å². The van der Waals surface area contributed by atoms with Crippen LogP contribution in [0.1, 0.15) is 25.7 Å². The second-order valence-corrected chi connectivity index (χ2v) is 21.6. The van der Waals surface area contributed by atoms with Crippen molar-refractivity contribution < 1.29 is 159 Å². The second kappa shape index (κ2) is 34.0. The fourth-order valence-corrected chi connectivity index (χ4v) is 7.57. The van der Waals surface area contributed by atoms with E-state index in [-0.39, 0.29) is 63.9 Å². The van der Waals surface area contributed by atoms with E-state index in [9.17, 15) is 86.4 Å². The number of halogens is 12. The minimum atomic E-state index is -5.36. The van der Waals surface area contributed by atoms with Crippen molar-refractivity contribution >= 4 is 39.3 Å². The number of hydrogen-bond acceptors (Lipinski definition) is 12. The SMILES string of the molecule is O=S(=O)(c1ccc(O)cc1)C(F)(F)F.O=S(=O)(c1ccc(O)cc1)C(F)(F)F.O=S(=O)(c1cccc(O)c1)C(F)(F)F.O=S(=O)(c1cccc(O)c1)C(F)(F)F.[C-]1=CC=CC1.[C-]1=CC=CC1.[C-]1=CC=CC1.[C-]1=CC=CC1.[Zr+2].[Zr+2]. The first kappa shape index (κ1) is 74.8. The van der Waals surface area contributed by atoms with Crippen molar-refractivity contribution in [2.45, 2.75) is 67.3 Å². The first-order valence-corrected chi connectivity index (χ1v) is 26.2. The smallest absolute Gasteiger partial charge is 0.508 e. The molecule has 4 aliphatic carbocycles. The Labute approximate surface area is 479 Å². The third-order valence-corrected chi connectivity index (χ3v) is 14.1. The minimum Gasteiger partial charge on any atom is -0.508 e. The molecule has 0 atom stereocenters. The number of allylic oxidation sites excluding steroid dienone is 16. The van der Waals surface area contributed by atoms with Gasteiger partial charge in [0.25, 0.3) is 39.3 Å². The third-order valence-electron chi connectivity index (χ3n) is 8.11. The number of aromatic hydroxyl groups is 4. The van der Waals surface area contributed by atoms with E-state index in [0.717, 1.165) is 86.3 Å². The van der Waals surface area contributed by atoms with Crippen LogP contribution in [0.5, 0.6) is 23.0 Å². The zero-order chi connectivity index (χ0) is 58.1. The molecule has 0 saturated heterocycles. The molecule has 4 N–H and O–H groups in total. The van der Waals surface area contributed by atoms with Crippen LogP contribution in [0.3, 0.4) is 0 Å². The van der Waals surface area contributed by atoms with Crippen molar-refractivity contribution in [3.8, 4) is 23.0 Å². The maximum atomic E-state index is 12.0. The molecule has 0 amide bonds. The standard InChI is InChI=1S/4C7H5F3O3S.4C5H5.2Zr/c2*8-7(9,10)14(12,13)6-3-1-5(11)2-4-6;2*8-7(9,10)14(12,13)6-3-1-2-5(11)4-6;4*1-2-4-5-3-1;;/h4*1-4,11H;4*1-3H,4H2;;/q;;;;4*-1;2*+2. The summed E-state index contributed by atoms with van der Waals surface area (Å²) in [6.07, 6.45) is 40.0. The van der Waals surface area contributed by atoms with Crippen LogP contribution in [0.4, 0.5) is 52.7 Å². The quantitative estimate of drug-likeness (QED) is 0.111. The summed E-state index contributed by atoms with van der Waals surface area (Å²) in [5, 5.41) is 35.1. The monoisotopic (exact) mass is 1340 g/mol. The van der Waals surface area contributed by atoms with Crippen LogP contribution in [0.25, 0.3) is 0 Å². The van der Waals surface area contributed by atoms with E-state index in [1.807, 2.05) is 48.6 Å². The summed E-state index contributed by atoms with van der Waals surface area (Å²) in [6, 6.07) is 13.1.